The van der Waals surface area contributed by atoms with Crippen molar-refractivity contribution in [1.82, 2.24) is 0 Å². The maximum atomic E-state index is 13.5. The standard InChI is InChI=1S/C19H16FNO/c20-18-12-16(8-11-19(18)21)15-6-9-17(10-7-15)22-13-14-4-2-1-3-5-14/h1-12H,13,21H2. The molecule has 0 atom stereocenters. The molecule has 22 heavy (non-hydrogen) atoms. The van der Waals surface area contributed by atoms with Gasteiger partial charge < -0.3 is 10.5 Å². The van der Waals surface area contributed by atoms with Crippen molar-refractivity contribution in [3.63, 3.8) is 0 Å². The number of halogens is 1. The highest BCUT2D eigenvalue weighted by Gasteiger charge is 2.03. The summed E-state index contributed by atoms with van der Waals surface area (Å²) in [4.78, 5) is 0. The van der Waals surface area contributed by atoms with Gasteiger partial charge in [-0.1, -0.05) is 48.5 Å². The molecule has 0 spiro atoms. The minimum Gasteiger partial charge on any atom is -0.489 e. The van der Waals surface area contributed by atoms with Crippen LogP contribution in [0.2, 0.25) is 0 Å². The number of hydrogen-bond acceptors (Lipinski definition) is 2. The first-order valence-electron chi connectivity index (χ1n) is 7.04. The Kier molecular flexibility index (Phi) is 4.05. The molecule has 2 nitrogen and oxygen atoms in total. The van der Waals surface area contributed by atoms with Crippen LogP contribution >= 0.6 is 0 Å². The van der Waals surface area contributed by atoms with Gasteiger partial charge in [0.1, 0.15) is 18.2 Å². The highest BCUT2D eigenvalue weighted by Crippen LogP contribution is 2.25. The quantitative estimate of drug-likeness (QED) is 0.710. The lowest BCUT2D eigenvalue weighted by Crippen LogP contribution is -1.95. The lowest BCUT2D eigenvalue weighted by molar-refractivity contribution is 0.306. The summed E-state index contributed by atoms with van der Waals surface area (Å²) in [6, 6.07) is 22.4. The minimum atomic E-state index is -0.401. The topological polar surface area (TPSA) is 35.2 Å². The van der Waals surface area contributed by atoms with E-state index < -0.39 is 5.82 Å². The molecule has 3 rings (SSSR count). The Hall–Kier alpha value is -2.81. The van der Waals surface area contributed by atoms with Gasteiger partial charge in [0.15, 0.2) is 0 Å². The number of rotatable bonds is 4. The van der Waals surface area contributed by atoms with E-state index in [2.05, 4.69) is 0 Å². The summed E-state index contributed by atoms with van der Waals surface area (Å²) in [6.45, 7) is 0.524. The summed E-state index contributed by atoms with van der Waals surface area (Å²) in [5.74, 6) is 0.380. The van der Waals surface area contributed by atoms with Gasteiger partial charge in [0.25, 0.3) is 0 Å². The monoisotopic (exact) mass is 293 g/mol. The highest BCUT2D eigenvalue weighted by molar-refractivity contribution is 5.66. The molecule has 0 amide bonds. The molecule has 2 N–H and O–H groups in total. The second kappa shape index (κ2) is 6.31. The molecule has 0 saturated heterocycles. The van der Waals surface area contributed by atoms with Gasteiger partial charge in [0, 0.05) is 0 Å². The molecule has 0 bridgehead atoms. The summed E-state index contributed by atoms with van der Waals surface area (Å²) in [7, 11) is 0. The van der Waals surface area contributed by atoms with Gasteiger partial charge in [-0.3, -0.25) is 0 Å². The molecule has 0 saturated carbocycles. The summed E-state index contributed by atoms with van der Waals surface area (Å²) in [6.07, 6.45) is 0. The van der Waals surface area contributed by atoms with Crippen molar-refractivity contribution in [3.8, 4) is 16.9 Å². The molecular weight excluding hydrogens is 277 g/mol. The van der Waals surface area contributed by atoms with Crippen molar-refractivity contribution in [1.29, 1.82) is 0 Å². The number of nitrogens with two attached hydrogens (primary N) is 1. The van der Waals surface area contributed by atoms with Crippen molar-refractivity contribution < 1.29 is 9.13 Å². The largest absolute Gasteiger partial charge is 0.489 e. The Balaban J connectivity index is 1.71. The van der Waals surface area contributed by atoms with Crippen molar-refractivity contribution >= 4 is 5.69 Å². The molecule has 0 aliphatic carbocycles. The van der Waals surface area contributed by atoms with Crippen LogP contribution in [0.15, 0.2) is 72.8 Å². The normalized spacial score (nSPS) is 10.4. The first-order chi connectivity index (χ1) is 10.7. The van der Waals surface area contributed by atoms with Gasteiger partial charge in [0.2, 0.25) is 0 Å². The van der Waals surface area contributed by atoms with Crippen LogP contribution in [0.3, 0.4) is 0 Å². The number of benzene rings is 3. The van der Waals surface area contributed by atoms with Crippen LogP contribution in [0.1, 0.15) is 5.56 Å². The SMILES string of the molecule is Nc1ccc(-c2ccc(OCc3ccccc3)cc2)cc1F. The van der Waals surface area contributed by atoms with Gasteiger partial charge in [-0.25, -0.2) is 4.39 Å². The molecule has 3 heteroatoms. The number of ether oxygens (including phenoxy) is 1. The molecule has 0 aliphatic heterocycles. The van der Waals surface area contributed by atoms with E-state index in [-0.39, 0.29) is 5.69 Å². The molecule has 0 aliphatic rings. The summed E-state index contributed by atoms with van der Waals surface area (Å²) in [5, 5.41) is 0. The predicted molar refractivity (Wildman–Crippen MR) is 87.0 cm³/mol. The fourth-order valence-electron chi connectivity index (χ4n) is 2.19. The zero-order valence-corrected chi connectivity index (χ0v) is 12.0. The van der Waals surface area contributed by atoms with Crippen molar-refractivity contribution in [2.45, 2.75) is 6.61 Å². The van der Waals surface area contributed by atoms with E-state index in [1.54, 1.807) is 12.1 Å². The zero-order chi connectivity index (χ0) is 15.4. The maximum absolute atomic E-state index is 13.5. The van der Waals surface area contributed by atoms with Gasteiger partial charge in [-0.15, -0.1) is 0 Å². The number of anilines is 1. The fourth-order valence-corrected chi connectivity index (χ4v) is 2.19. The van der Waals surface area contributed by atoms with Crippen molar-refractivity contribution in [2.75, 3.05) is 5.73 Å². The highest BCUT2D eigenvalue weighted by atomic mass is 19.1. The summed E-state index contributed by atoms with van der Waals surface area (Å²) < 4.78 is 19.2. The Morgan fingerprint density at radius 1 is 0.818 bits per heavy atom. The van der Waals surface area contributed by atoms with Gasteiger partial charge >= 0.3 is 0 Å². The van der Waals surface area contributed by atoms with E-state index in [4.69, 9.17) is 10.5 Å². The third-order valence-electron chi connectivity index (χ3n) is 3.44. The van der Waals surface area contributed by atoms with Crippen LogP contribution in [0, 0.1) is 5.82 Å². The smallest absolute Gasteiger partial charge is 0.146 e. The molecule has 110 valence electrons. The Morgan fingerprint density at radius 2 is 1.50 bits per heavy atom. The molecule has 3 aromatic rings. The lowest BCUT2D eigenvalue weighted by atomic mass is 10.1. The lowest BCUT2D eigenvalue weighted by Gasteiger charge is -2.08. The molecule has 0 radical (unpaired) electrons. The van der Waals surface area contributed by atoms with Crippen LogP contribution in [0.4, 0.5) is 10.1 Å². The number of nitrogen functional groups attached to an aromatic ring is 1. The van der Waals surface area contributed by atoms with E-state index >= 15 is 0 Å². The van der Waals surface area contributed by atoms with E-state index in [0.717, 1.165) is 22.4 Å². The molecular formula is C19H16FNO. The van der Waals surface area contributed by atoms with Gasteiger partial charge in [-0.2, -0.15) is 0 Å². The van der Waals surface area contributed by atoms with E-state index in [1.807, 2.05) is 54.6 Å². The average molecular weight is 293 g/mol. The summed E-state index contributed by atoms with van der Waals surface area (Å²) >= 11 is 0. The predicted octanol–water partition coefficient (Wildman–Crippen LogP) is 4.65. The van der Waals surface area contributed by atoms with Crippen LogP contribution in [0.25, 0.3) is 11.1 Å². The Morgan fingerprint density at radius 3 is 2.18 bits per heavy atom. The number of hydrogen-bond donors (Lipinski definition) is 1. The van der Waals surface area contributed by atoms with E-state index in [1.165, 1.54) is 6.07 Å². The van der Waals surface area contributed by atoms with Crippen LogP contribution in [0.5, 0.6) is 5.75 Å². The first-order valence-corrected chi connectivity index (χ1v) is 7.04. The third kappa shape index (κ3) is 3.26. The van der Waals surface area contributed by atoms with Crippen molar-refractivity contribution in [2.24, 2.45) is 0 Å². The second-order valence-corrected chi connectivity index (χ2v) is 5.03. The fraction of sp³-hybridized carbons (Fsp3) is 0.0526. The second-order valence-electron chi connectivity index (χ2n) is 5.03. The van der Waals surface area contributed by atoms with Crippen molar-refractivity contribution in [3.05, 3.63) is 84.2 Å². The molecule has 0 aromatic heterocycles. The summed E-state index contributed by atoms with van der Waals surface area (Å²) in [5.41, 5.74) is 8.48. The Labute approximate surface area is 129 Å². The van der Waals surface area contributed by atoms with Crippen LogP contribution in [-0.4, -0.2) is 0 Å². The molecule has 0 unspecified atom stereocenters. The Bertz CT molecular complexity index is 754. The van der Waals surface area contributed by atoms with Crippen LogP contribution in [-0.2, 0) is 6.61 Å². The molecule has 0 heterocycles. The first kappa shape index (κ1) is 14.1. The van der Waals surface area contributed by atoms with Gasteiger partial charge in [-0.05, 0) is 41.0 Å². The van der Waals surface area contributed by atoms with Crippen LogP contribution < -0.4 is 10.5 Å². The molecule has 0 fully saturated rings. The third-order valence-corrected chi connectivity index (χ3v) is 3.44. The van der Waals surface area contributed by atoms with Gasteiger partial charge in [0.05, 0.1) is 5.69 Å². The van der Waals surface area contributed by atoms with E-state index in [0.29, 0.717) is 6.61 Å². The minimum absolute atomic E-state index is 0.159. The molecule has 3 aromatic carbocycles. The zero-order valence-electron chi connectivity index (χ0n) is 12.0. The van der Waals surface area contributed by atoms with E-state index in [9.17, 15) is 4.39 Å². The average Bonchev–Trinajstić information content (AvgIpc) is 2.57. The maximum Gasteiger partial charge on any atom is 0.146 e.